The van der Waals surface area contributed by atoms with E-state index in [4.69, 9.17) is 9.40 Å². The standard InChI is InChI=1S/C21H19N3O2S/c25-21-20-18(13-3-1-2-4-15(13)26-20)22-17(23-21)11-24-9-7-16-14(8-10-27-16)19(24)12-5-6-12/h1-4,8,10,12,19H,5-7,9,11H2,(H,22,23,25)/p+1/t19-/m1/s1. The van der Waals surface area contributed by atoms with E-state index in [-0.39, 0.29) is 5.56 Å². The Hall–Kier alpha value is -2.44. The predicted octanol–water partition coefficient (Wildman–Crippen LogP) is 2.82. The van der Waals surface area contributed by atoms with Gasteiger partial charge < -0.3 is 14.3 Å². The minimum Gasteiger partial charge on any atom is -0.449 e. The van der Waals surface area contributed by atoms with Crippen LogP contribution >= 0.6 is 11.3 Å². The Balaban J connectivity index is 1.42. The first-order chi connectivity index (χ1) is 13.3. The molecule has 3 aromatic heterocycles. The topological polar surface area (TPSA) is 63.3 Å². The molecular weight excluding hydrogens is 358 g/mol. The van der Waals surface area contributed by atoms with Gasteiger partial charge in [-0.05, 0) is 36.4 Å². The summed E-state index contributed by atoms with van der Waals surface area (Å²) in [5.41, 5.74) is 3.07. The number of hydrogen-bond donors (Lipinski definition) is 2. The highest BCUT2D eigenvalue weighted by Crippen LogP contribution is 2.42. The molecule has 1 unspecified atom stereocenters. The van der Waals surface area contributed by atoms with E-state index in [0.717, 1.165) is 36.6 Å². The van der Waals surface area contributed by atoms with E-state index in [2.05, 4.69) is 16.4 Å². The Morgan fingerprint density at radius 2 is 2.15 bits per heavy atom. The maximum atomic E-state index is 12.6. The summed E-state index contributed by atoms with van der Waals surface area (Å²) in [6.07, 6.45) is 3.75. The first-order valence-corrected chi connectivity index (χ1v) is 10.5. The van der Waals surface area contributed by atoms with Crippen LogP contribution in [0, 0.1) is 5.92 Å². The molecule has 0 radical (unpaired) electrons. The second-order valence-corrected chi connectivity index (χ2v) is 8.74. The van der Waals surface area contributed by atoms with Gasteiger partial charge in [-0.25, -0.2) is 4.98 Å². The lowest BCUT2D eigenvalue weighted by atomic mass is 9.96. The highest BCUT2D eigenvalue weighted by atomic mass is 32.1. The quantitative estimate of drug-likeness (QED) is 0.576. The van der Waals surface area contributed by atoms with Crippen molar-refractivity contribution in [1.82, 2.24) is 9.97 Å². The molecule has 2 aliphatic rings. The molecule has 1 aromatic carbocycles. The number of para-hydroxylation sites is 1. The molecule has 1 saturated carbocycles. The summed E-state index contributed by atoms with van der Waals surface area (Å²) in [7, 11) is 0. The van der Waals surface area contributed by atoms with Gasteiger partial charge in [-0.1, -0.05) is 12.1 Å². The van der Waals surface area contributed by atoms with E-state index in [1.807, 2.05) is 35.6 Å². The molecule has 4 heterocycles. The number of furan rings is 1. The zero-order chi connectivity index (χ0) is 18.0. The summed E-state index contributed by atoms with van der Waals surface area (Å²) in [6, 6.07) is 10.6. The van der Waals surface area contributed by atoms with Crippen LogP contribution in [0.3, 0.4) is 0 Å². The number of H-pyrrole nitrogens is 1. The molecule has 1 fully saturated rings. The van der Waals surface area contributed by atoms with Gasteiger partial charge in [0.25, 0.3) is 5.56 Å². The molecule has 6 rings (SSSR count). The van der Waals surface area contributed by atoms with Gasteiger partial charge in [-0.2, -0.15) is 0 Å². The summed E-state index contributed by atoms with van der Waals surface area (Å²) in [4.78, 5) is 23.5. The van der Waals surface area contributed by atoms with Crippen LogP contribution in [0.25, 0.3) is 22.1 Å². The lowest BCUT2D eigenvalue weighted by Crippen LogP contribution is -3.12. The van der Waals surface area contributed by atoms with E-state index in [0.29, 0.717) is 22.7 Å². The minimum atomic E-state index is -0.179. The number of aromatic amines is 1. The van der Waals surface area contributed by atoms with Crippen LogP contribution in [-0.2, 0) is 13.0 Å². The molecule has 0 amide bonds. The average molecular weight is 378 g/mol. The number of thiophene rings is 1. The zero-order valence-corrected chi connectivity index (χ0v) is 15.6. The van der Waals surface area contributed by atoms with Crippen molar-refractivity contribution >= 4 is 33.4 Å². The monoisotopic (exact) mass is 378 g/mol. The molecule has 0 spiro atoms. The number of rotatable bonds is 3. The van der Waals surface area contributed by atoms with Gasteiger partial charge in [-0.3, -0.25) is 4.79 Å². The maximum Gasteiger partial charge on any atom is 0.294 e. The zero-order valence-electron chi connectivity index (χ0n) is 14.8. The fourth-order valence-electron chi connectivity index (χ4n) is 4.64. The highest BCUT2D eigenvalue weighted by molar-refractivity contribution is 7.10. The second kappa shape index (κ2) is 5.78. The molecule has 136 valence electrons. The number of quaternary nitrogens is 1. The Bertz CT molecular complexity index is 1220. The van der Waals surface area contributed by atoms with Crippen LogP contribution < -0.4 is 10.5 Å². The third kappa shape index (κ3) is 2.47. The Kier molecular flexibility index (Phi) is 3.34. The van der Waals surface area contributed by atoms with Gasteiger partial charge >= 0.3 is 0 Å². The third-order valence-corrected chi connectivity index (χ3v) is 6.99. The largest absolute Gasteiger partial charge is 0.449 e. The average Bonchev–Trinajstić information content (AvgIpc) is 3.27. The first-order valence-electron chi connectivity index (χ1n) is 9.59. The normalized spacial score (nSPS) is 22.4. The van der Waals surface area contributed by atoms with E-state index in [1.165, 1.54) is 23.3 Å². The molecular formula is C21H20N3O2S+. The number of hydrogen-bond acceptors (Lipinski definition) is 4. The smallest absolute Gasteiger partial charge is 0.294 e. The Morgan fingerprint density at radius 3 is 3.04 bits per heavy atom. The Morgan fingerprint density at radius 1 is 1.26 bits per heavy atom. The molecule has 6 heteroatoms. The van der Waals surface area contributed by atoms with Crippen molar-refractivity contribution in [3.8, 4) is 0 Å². The van der Waals surface area contributed by atoms with Crippen LogP contribution in [0.1, 0.15) is 35.1 Å². The number of nitrogens with zero attached hydrogens (tertiary/aromatic N) is 1. The number of fused-ring (bicyclic) bond motifs is 4. The fourth-order valence-corrected chi connectivity index (χ4v) is 5.57. The summed E-state index contributed by atoms with van der Waals surface area (Å²) in [5.74, 6) is 1.54. The maximum absolute atomic E-state index is 12.6. The van der Waals surface area contributed by atoms with Crippen molar-refractivity contribution in [3.05, 3.63) is 62.3 Å². The molecule has 1 aliphatic carbocycles. The van der Waals surface area contributed by atoms with Gasteiger partial charge in [0.1, 0.15) is 23.7 Å². The first kappa shape index (κ1) is 15.6. The van der Waals surface area contributed by atoms with E-state index in [9.17, 15) is 4.79 Å². The van der Waals surface area contributed by atoms with Crippen molar-refractivity contribution in [1.29, 1.82) is 0 Å². The lowest BCUT2D eigenvalue weighted by Gasteiger charge is -2.32. The molecule has 4 aromatic rings. The van der Waals surface area contributed by atoms with Crippen molar-refractivity contribution in [2.24, 2.45) is 5.92 Å². The summed E-state index contributed by atoms with van der Waals surface area (Å²) >= 11 is 1.89. The molecule has 0 saturated heterocycles. The highest BCUT2D eigenvalue weighted by Gasteiger charge is 2.43. The van der Waals surface area contributed by atoms with Crippen molar-refractivity contribution in [2.45, 2.75) is 31.8 Å². The van der Waals surface area contributed by atoms with Gasteiger partial charge in [-0.15, -0.1) is 11.3 Å². The number of aromatic nitrogens is 2. The SMILES string of the molecule is O=c1[nH]c(C[NH+]2CCc3sccc3[C@H]2C2CC2)nc2c1oc1ccccc12. The molecule has 0 bridgehead atoms. The van der Waals surface area contributed by atoms with E-state index < -0.39 is 0 Å². The summed E-state index contributed by atoms with van der Waals surface area (Å²) < 4.78 is 5.72. The second-order valence-electron chi connectivity index (χ2n) is 7.74. The van der Waals surface area contributed by atoms with Crippen molar-refractivity contribution in [2.75, 3.05) is 6.54 Å². The fraction of sp³-hybridized carbons (Fsp3) is 0.333. The van der Waals surface area contributed by atoms with Crippen molar-refractivity contribution < 1.29 is 9.32 Å². The number of benzene rings is 1. The third-order valence-electron chi connectivity index (χ3n) is 6.00. The molecule has 2 N–H and O–H groups in total. The minimum absolute atomic E-state index is 0.179. The van der Waals surface area contributed by atoms with Gasteiger partial charge in [0, 0.05) is 28.2 Å². The van der Waals surface area contributed by atoms with Crippen LogP contribution in [0.5, 0.6) is 0 Å². The lowest BCUT2D eigenvalue weighted by molar-refractivity contribution is -0.950. The van der Waals surface area contributed by atoms with Gasteiger partial charge in [0.2, 0.25) is 5.58 Å². The van der Waals surface area contributed by atoms with Crippen LogP contribution in [0.15, 0.2) is 44.9 Å². The van der Waals surface area contributed by atoms with E-state index >= 15 is 0 Å². The molecule has 2 atom stereocenters. The Labute approximate surface area is 159 Å². The predicted molar refractivity (Wildman–Crippen MR) is 105 cm³/mol. The van der Waals surface area contributed by atoms with Crippen molar-refractivity contribution in [3.63, 3.8) is 0 Å². The van der Waals surface area contributed by atoms with Gasteiger partial charge in [0.15, 0.2) is 5.82 Å². The van der Waals surface area contributed by atoms with Crippen LogP contribution in [0.4, 0.5) is 0 Å². The van der Waals surface area contributed by atoms with Crippen LogP contribution in [0.2, 0.25) is 0 Å². The summed E-state index contributed by atoms with van der Waals surface area (Å²) in [6.45, 7) is 1.85. The molecule has 1 aliphatic heterocycles. The van der Waals surface area contributed by atoms with Gasteiger partial charge in [0.05, 0.1) is 6.54 Å². The van der Waals surface area contributed by atoms with Crippen LogP contribution in [-0.4, -0.2) is 16.5 Å². The summed E-state index contributed by atoms with van der Waals surface area (Å²) in [5, 5.41) is 3.14. The molecule has 27 heavy (non-hydrogen) atoms. The van der Waals surface area contributed by atoms with E-state index in [1.54, 1.807) is 4.88 Å². The molecule has 5 nitrogen and oxygen atoms in total. The number of nitrogens with one attached hydrogen (secondary N) is 2.